The standard InChI is InChI=1S/C12H19N5O.C2HF3O2/c13-5-7-15-12(18)16-10-4-8-17(9-10)11-3-1-2-6-14-11;3-2(4,5)1(6)7/h1-3,6,10H,4-5,7-9,13H2,(H2,15,16,18);(H,6,7)/t10-;/m1./s1. The summed E-state index contributed by atoms with van der Waals surface area (Å²) < 4.78 is 31.7. The summed E-state index contributed by atoms with van der Waals surface area (Å²) in [4.78, 5) is 26.9. The smallest absolute Gasteiger partial charge is 0.475 e. The number of carboxylic acid groups (broad SMARTS) is 1. The maximum atomic E-state index is 11.5. The Morgan fingerprint density at radius 3 is 2.60 bits per heavy atom. The third-order valence-electron chi connectivity index (χ3n) is 3.17. The molecule has 0 bridgehead atoms. The first kappa shape index (κ1) is 20.5. The van der Waals surface area contributed by atoms with E-state index < -0.39 is 12.1 Å². The first-order valence-electron chi connectivity index (χ1n) is 7.44. The van der Waals surface area contributed by atoms with Crippen LogP contribution in [0, 0.1) is 0 Å². The van der Waals surface area contributed by atoms with Crippen molar-refractivity contribution >= 4 is 17.8 Å². The Labute approximate surface area is 142 Å². The molecule has 0 spiro atoms. The van der Waals surface area contributed by atoms with E-state index in [1.807, 2.05) is 18.2 Å². The second-order valence-electron chi connectivity index (χ2n) is 5.11. The van der Waals surface area contributed by atoms with Gasteiger partial charge in [0.15, 0.2) is 0 Å². The molecule has 1 aromatic heterocycles. The number of aliphatic carboxylic acids is 1. The third-order valence-corrected chi connectivity index (χ3v) is 3.17. The minimum Gasteiger partial charge on any atom is -0.475 e. The number of rotatable bonds is 4. The molecule has 8 nitrogen and oxygen atoms in total. The van der Waals surface area contributed by atoms with Crippen LogP contribution >= 0.6 is 0 Å². The number of urea groups is 1. The van der Waals surface area contributed by atoms with E-state index in [0.717, 1.165) is 25.3 Å². The Kier molecular flexibility index (Phi) is 7.92. The summed E-state index contributed by atoms with van der Waals surface area (Å²) in [5.74, 6) is -1.79. The van der Waals surface area contributed by atoms with Gasteiger partial charge >= 0.3 is 18.2 Å². The van der Waals surface area contributed by atoms with Gasteiger partial charge in [-0.25, -0.2) is 14.6 Å². The predicted molar refractivity (Wildman–Crippen MR) is 84.1 cm³/mol. The number of carbonyl (C=O) groups is 2. The second kappa shape index (κ2) is 9.67. The number of hydrogen-bond donors (Lipinski definition) is 4. The highest BCUT2D eigenvalue weighted by atomic mass is 19.4. The molecule has 1 saturated heterocycles. The Morgan fingerprint density at radius 2 is 2.08 bits per heavy atom. The number of alkyl halides is 3. The summed E-state index contributed by atoms with van der Waals surface area (Å²) in [6.45, 7) is 2.67. The summed E-state index contributed by atoms with van der Waals surface area (Å²) in [5.41, 5.74) is 5.32. The lowest BCUT2D eigenvalue weighted by atomic mass is 10.3. The number of nitrogens with two attached hydrogens (primary N) is 1. The van der Waals surface area contributed by atoms with Gasteiger partial charge < -0.3 is 26.4 Å². The quantitative estimate of drug-likeness (QED) is 0.620. The van der Waals surface area contributed by atoms with Crippen LogP contribution in [0.4, 0.5) is 23.8 Å². The highest BCUT2D eigenvalue weighted by Gasteiger charge is 2.38. The van der Waals surface area contributed by atoms with Gasteiger partial charge in [-0.05, 0) is 18.6 Å². The van der Waals surface area contributed by atoms with E-state index in [0.29, 0.717) is 13.1 Å². The van der Waals surface area contributed by atoms with Gasteiger partial charge in [-0.2, -0.15) is 13.2 Å². The molecular formula is C14H20F3N5O3. The number of hydrogen-bond acceptors (Lipinski definition) is 5. The number of nitrogens with zero attached hydrogens (tertiary/aromatic N) is 2. The molecule has 1 aliphatic heterocycles. The van der Waals surface area contributed by atoms with Crippen molar-refractivity contribution < 1.29 is 27.9 Å². The molecule has 2 rings (SSSR count). The van der Waals surface area contributed by atoms with Gasteiger partial charge in [0.2, 0.25) is 0 Å². The molecule has 0 unspecified atom stereocenters. The van der Waals surface area contributed by atoms with Crippen LogP contribution in [0.5, 0.6) is 0 Å². The van der Waals surface area contributed by atoms with Crippen molar-refractivity contribution in [1.29, 1.82) is 0 Å². The minimum atomic E-state index is -5.08. The van der Waals surface area contributed by atoms with Crippen molar-refractivity contribution in [2.45, 2.75) is 18.6 Å². The van der Waals surface area contributed by atoms with Crippen LogP contribution in [0.1, 0.15) is 6.42 Å². The molecule has 1 fully saturated rings. The maximum Gasteiger partial charge on any atom is 0.490 e. The summed E-state index contributed by atoms with van der Waals surface area (Å²) in [6.07, 6.45) is -2.36. The lowest BCUT2D eigenvalue weighted by Gasteiger charge is -2.17. The van der Waals surface area contributed by atoms with Crippen LogP contribution in [0.3, 0.4) is 0 Å². The Bertz CT molecular complexity index is 556. The molecule has 1 aliphatic rings. The number of carboxylic acids is 1. The molecule has 11 heteroatoms. The first-order chi connectivity index (χ1) is 11.7. The minimum absolute atomic E-state index is 0.145. The molecule has 140 valence electrons. The number of carbonyl (C=O) groups excluding carboxylic acids is 1. The van der Waals surface area contributed by atoms with E-state index in [4.69, 9.17) is 15.6 Å². The van der Waals surface area contributed by atoms with E-state index >= 15 is 0 Å². The van der Waals surface area contributed by atoms with Crippen LogP contribution in [-0.2, 0) is 4.79 Å². The van der Waals surface area contributed by atoms with Crippen LogP contribution in [0.2, 0.25) is 0 Å². The zero-order chi connectivity index (χ0) is 18.9. The first-order valence-corrected chi connectivity index (χ1v) is 7.44. The van der Waals surface area contributed by atoms with Crippen molar-refractivity contribution in [1.82, 2.24) is 15.6 Å². The molecule has 25 heavy (non-hydrogen) atoms. The Morgan fingerprint density at radius 1 is 1.40 bits per heavy atom. The summed E-state index contributed by atoms with van der Waals surface area (Å²) in [7, 11) is 0. The Hall–Kier alpha value is -2.56. The molecule has 0 saturated carbocycles. The van der Waals surface area contributed by atoms with E-state index in [1.54, 1.807) is 6.20 Å². The highest BCUT2D eigenvalue weighted by Crippen LogP contribution is 2.17. The number of aromatic nitrogens is 1. The average Bonchev–Trinajstić information content (AvgIpc) is 3.02. The van der Waals surface area contributed by atoms with Crippen molar-refractivity contribution in [2.75, 3.05) is 31.1 Å². The summed E-state index contributed by atoms with van der Waals surface area (Å²) >= 11 is 0. The van der Waals surface area contributed by atoms with E-state index in [1.165, 1.54) is 0 Å². The van der Waals surface area contributed by atoms with Crippen molar-refractivity contribution in [3.63, 3.8) is 0 Å². The molecule has 0 aliphatic carbocycles. The monoisotopic (exact) mass is 363 g/mol. The topological polar surface area (TPSA) is 121 Å². The fourth-order valence-corrected chi connectivity index (χ4v) is 2.05. The average molecular weight is 363 g/mol. The number of pyridine rings is 1. The van der Waals surface area contributed by atoms with Crippen LogP contribution in [0.25, 0.3) is 0 Å². The fourth-order valence-electron chi connectivity index (χ4n) is 2.05. The van der Waals surface area contributed by atoms with Crippen LogP contribution in [0.15, 0.2) is 24.4 Å². The van der Waals surface area contributed by atoms with Gasteiger partial charge in [-0.15, -0.1) is 0 Å². The van der Waals surface area contributed by atoms with Crippen molar-refractivity contribution in [2.24, 2.45) is 5.73 Å². The van der Waals surface area contributed by atoms with E-state index in [-0.39, 0.29) is 12.1 Å². The molecule has 2 amide bonds. The zero-order valence-corrected chi connectivity index (χ0v) is 13.3. The maximum absolute atomic E-state index is 11.5. The van der Waals surface area contributed by atoms with Gasteiger partial charge in [0.1, 0.15) is 5.82 Å². The van der Waals surface area contributed by atoms with Crippen molar-refractivity contribution in [3.8, 4) is 0 Å². The van der Waals surface area contributed by atoms with Gasteiger partial charge in [-0.1, -0.05) is 6.07 Å². The summed E-state index contributed by atoms with van der Waals surface area (Å²) in [5, 5.41) is 12.8. The Balaban J connectivity index is 0.000000381. The SMILES string of the molecule is NCCNC(=O)N[C@@H]1CCN(c2ccccn2)C1.O=C(O)C(F)(F)F. The van der Waals surface area contributed by atoms with Gasteiger partial charge in [-0.3, -0.25) is 0 Å². The number of anilines is 1. The van der Waals surface area contributed by atoms with E-state index in [2.05, 4.69) is 20.5 Å². The van der Waals surface area contributed by atoms with E-state index in [9.17, 15) is 18.0 Å². The zero-order valence-electron chi connectivity index (χ0n) is 13.3. The fraction of sp³-hybridized carbons (Fsp3) is 0.500. The lowest BCUT2D eigenvalue weighted by molar-refractivity contribution is -0.192. The molecular weight excluding hydrogens is 343 g/mol. The molecule has 5 N–H and O–H groups in total. The van der Waals surface area contributed by atoms with Gasteiger partial charge in [0, 0.05) is 38.4 Å². The number of halogens is 3. The number of amides is 2. The van der Waals surface area contributed by atoms with Gasteiger partial charge in [0.05, 0.1) is 0 Å². The molecule has 1 aromatic rings. The predicted octanol–water partition coefficient (Wildman–Crippen LogP) is 0.551. The van der Waals surface area contributed by atoms with Crippen molar-refractivity contribution in [3.05, 3.63) is 24.4 Å². The van der Waals surface area contributed by atoms with Crippen LogP contribution in [-0.4, -0.2) is 60.5 Å². The molecule has 0 radical (unpaired) electrons. The molecule has 1 atom stereocenters. The lowest BCUT2D eigenvalue weighted by Crippen LogP contribution is -2.44. The number of nitrogens with one attached hydrogen (secondary N) is 2. The van der Waals surface area contributed by atoms with Gasteiger partial charge in [0.25, 0.3) is 0 Å². The molecule has 0 aromatic carbocycles. The normalized spacial score (nSPS) is 16.6. The highest BCUT2D eigenvalue weighted by molar-refractivity contribution is 5.74. The second-order valence-corrected chi connectivity index (χ2v) is 5.11. The largest absolute Gasteiger partial charge is 0.490 e. The third kappa shape index (κ3) is 7.70. The summed E-state index contributed by atoms with van der Waals surface area (Å²) in [6, 6.07) is 5.88. The van der Waals surface area contributed by atoms with Crippen LogP contribution < -0.4 is 21.3 Å². The molecule has 2 heterocycles.